The number of aromatic nitrogens is 1. The van der Waals surface area contributed by atoms with Gasteiger partial charge in [0.15, 0.2) is 6.61 Å². The number of pyridine rings is 1. The maximum absolute atomic E-state index is 12.9. The number of hydrogen-bond acceptors (Lipinski definition) is 6. The van der Waals surface area contributed by atoms with E-state index in [0.29, 0.717) is 10.7 Å². The molecule has 3 aromatic rings. The second kappa shape index (κ2) is 8.60. The third-order valence-corrected chi connectivity index (χ3v) is 5.03. The number of nitrogens with one attached hydrogen (secondary N) is 1. The van der Waals surface area contributed by atoms with Gasteiger partial charge in [-0.2, -0.15) is 0 Å². The Labute approximate surface area is 187 Å². The van der Waals surface area contributed by atoms with Gasteiger partial charge in [0.2, 0.25) is 0 Å². The largest absolute Gasteiger partial charge is 0.452 e. The highest BCUT2D eigenvalue weighted by molar-refractivity contribution is 6.35. The summed E-state index contributed by atoms with van der Waals surface area (Å²) in [5.41, 5.74) is 1.59. The molecule has 32 heavy (non-hydrogen) atoms. The number of halogens is 1. The topological polar surface area (TPSA) is 106 Å². The Kier molecular flexibility index (Phi) is 5.70. The van der Waals surface area contributed by atoms with Gasteiger partial charge < -0.3 is 10.1 Å². The van der Waals surface area contributed by atoms with Crippen LogP contribution in [0.5, 0.6) is 0 Å². The molecule has 3 amide bonds. The van der Waals surface area contributed by atoms with E-state index >= 15 is 0 Å². The highest BCUT2D eigenvalue weighted by Crippen LogP contribution is 2.31. The molecule has 0 fully saturated rings. The van der Waals surface area contributed by atoms with E-state index in [1.807, 2.05) is 6.07 Å². The first kappa shape index (κ1) is 21.2. The monoisotopic (exact) mass is 449 g/mol. The van der Waals surface area contributed by atoms with E-state index in [1.165, 1.54) is 30.5 Å². The van der Waals surface area contributed by atoms with Crippen molar-refractivity contribution in [1.82, 2.24) is 4.98 Å². The molecule has 1 N–H and O–H groups in total. The number of hydrogen-bond donors (Lipinski definition) is 1. The zero-order valence-corrected chi connectivity index (χ0v) is 17.6. The van der Waals surface area contributed by atoms with Crippen molar-refractivity contribution in [2.24, 2.45) is 0 Å². The molecule has 0 atom stereocenters. The van der Waals surface area contributed by atoms with Crippen molar-refractivity contribution in [2.75, 3.05) is 16.8 Å². The quantitative estimate of drug-likeness (QED) is 0.471. The summed E-state index contributed by atoms with van der Waals surface area (Å²) in [6.07, 6.45) is 1.37. The molecule has 0 spiro atoms. The molecule has 4 rings (SSSR count). The fourth-order valence-corrected chi connectivity index (χ4v) is 3.36. The predicted octanol–water partition coefficient (Wildman–Crippen LogP) is 3.64. The molecule has 0 saturated carbocycles. The number of ether oxygens (including phenoxy) is 1. The molecule has 0 bridgehead atoms. The summed E-state index contributed by atoms with van der Waals surface area (Å²) in [4.78, 5) is 55.1. The molecule has 0 saturated heterocycles. The molecule has 1 aliphatic heterocycles. The van der Waals surface area contributed by atoms with Crippen molar-refractivity contribution in [2.45, 2.75) is 6.92 Å². The number of imide groups is 1. The van der Waals surface area contributed by atoms with Gasteiger partial charge in [0.05, 0.1) is 27.4 Å². The number of esters is 1. The van der Waals surface area contributed by atoms with Crippen LogP contribution in [0.4, 0.5) is 11.5 Å². The average Bonchev–Trinajstić information content (AvgIpc) is 3.03. The second-order valence-corrected chi connectivity index (χ2v) is 7.41. The minimum atomic E-state index is -0.804. The number of para-hydroxylation sites is 1. The molecule has 9 heteroatoms. The maximum atomic E-state index is 12.9. The third kappa shape index (κ3) is 4.08. The SMILES string of the molecule is Cc1ccccc1N1C(=O)c2ccc(C(=O)OCC(=O)Nc3ccc(Cl)cn3)cc2C1=O. The normalized spacial score (nSPS) is 12.5. The molecular weight excluding hydrogens is 434 g/mol. The van der Waals surface area contributed by atoms with E-state index in [2.05, 4.69) is 10.3 Å². The third-order valence-electron chi connectivity index (χ3n) is 4.81. The van der Waals surface area contributed by atoms with E-state index < -0.39 is 30.3 Å². The highest BCUT2D eigenvalue weighted by atomic mass is 35.5. The van der Waals surface area contributed by atoms with E-state index in [0.717, 1.165) is 10.5 Å². The van der Waals surface area contributed by atoms with Crippen LogP contribution in [0.3, 0.4) is 0 Å². The van der Waals surface area contributed by atoms with Crippen molar-refractivity contribution in [3.05, 3.63) is 88.1 Å². The average molecular weight is 450 g/mol. The molecule has 2 heterocycles. The van der Waals surface area contributed by atoms with Gasteiger partial charge >= 0.3 is 5.97 Å². The lowest BCUT2D eigenvalue weighted by Gasteiger charge is -2.16. The van der Waals surface area contributed by atoms with Crippen LogP contribution in [0.1, 0.15) is 36.6 Å². The molecule has 0 radical (unpaired) electrons. The predicted molar refractivity (Wildman–Crippen MR) is 117 cm³/mol. The Morgan fingerprint density at radius 3 is 2.50 bits per heavy atom. The number of carbonyl (C=O) groups excluding carboxylic acids is 4. The van der Waals surface area contributed by atoms with Crippen LogP contribution >= 0.6 is 11.6 Å². The molecule has 160 valence electrons. The second-order valence-electron chi connectivity index (χ2n) is 6.98. The van der Waals surface area contributed by atoms with Crippen LogP contribution in [0.25, 0.3) is 0 Å². The van der Waals surface area contributed by atoms with Crippen LogP contribution < -0.4 is 10.2 Å². The zero-order valence-electron chi connectivity index (χ0n) is 16.8. The van der Waals surface area contributed by atoms with Crippen molar-refractivity contribution in [3.63, 3.8) is 0 Å². The fourth-order valence-electron chi connectivity index (χ4n) is 3.24. The Bertz CT molecular complexity index is 1260. The van der Waals surface area contributed by atoms with Gasteiger partial charge in [-0.15, -0.1) is 0 Å². The van der Waals surface area contributed by atoms with Crippen LogP contribution in [0.15, 0.2) is 60.8 Å². The number of amides is 3. The molecule has 8 nitrogen and oxygen atoms in total. The smallest absolute Gasteiger partial charge is 0.338 e. The standard InChI is InChI=1S/C23H16ClN3O5/c1-13-4-2-3-5-18(13)27-21(29)16-8-6-14(10-17(16)22(27)30)23(31)32-12-20(28)26-19-9-7-15(24)11-25-19/h2-11H,12H2,1H3,(H,25,26,28). The zero-order chi connectivity index (χ0) is 22.8. The van der Waals surface area contributed by atoms with Gasteiger partial charge in [-0.05, 0) is 48.9 Å². The number of nitrogens with zero attached hydrogens (tertiary/aromatic N) is 2. The number of carbonyl (C=O) groups is 4. The van der Waals surface area contributed by atoms with Crippen molar-refractivity contribution < 1.29 is 23.9 Å². The van der Waals surface area contributed by atoms with Gasteiger partial charge in [0, 0.05) is 6.20 Å². The van der Waals surface area contributed by atoms with Gasteiger partial charge in [-0.1, -0.05) is 29.8 Å². The lowest BCUT2D eigenvalue weighted by atomic mass is 10.1. The van der Waals surface area contributed by atoms with Crippen LogP contribution in [0.2, 0.25) is 5.02 Å². The van der Waals surface area contributed by atoms with Crippen molar-refractivity contribution in [3.8, 4) is 0 Å². The number of anilines is 2. The Balaban J connectivity index is 1.46. The summed E-state index contributed by atoms with van der Waals surface area (Å²) in [7, 11) is 0. The van der Waals surface area contributed by atoms with Gasteiger partial charge in [0.25, 0.3) is 17.7 Å². The number of benzene rings is 2. The highest BCUT2D eigenvalue weighted by Gasteiger charge is 2.37. The molecule has 1 aromatic heterocycles. The van der Waals surface area contributed by atoms with E-state index in [1.54, 1.807) is 31.2 Å². The Hall–Kier alpha value is -4.04. The summed E-state index contributed by atoms with van der Waals surface area (Å²) in [5, 5.41) is 2.89. The van der Waals surface area contributed by atoms with Crippen LogP contribution in [-0.2, 0) is 9.53 Å². The van der Waals surface area contributed by atoms with Crippen LogP contribution in [0, 0.1) is 6.92 Å². The van der Waals surface area contributed by atoms with Gasteiger partial charge in [-0.25, -0.2) is 14.7 Å². The first-order valence-electron chi connectivity index (χ1n) is 9.52. The summed E-state index contributed by atoms with van der Waals surface area (Å²) in [6.45, 7) is 1.24. The first-order valence-corrected chi connectivity index (χ1v) is 9.90. The van der Waals surface area contributed by atoms with Gasteiger partial charge in [0.1, 0.15) is 5.82 Å². The van der Waals surface area contributed by atoms with E-state index in [4.69, 9.17) is 16.3 Å². The van der Waals surface area contributed by atoms with E-state index in [9.17, 15) is 19.2 Å². The summed E-state index contributed by atoms with van der Waals surface area (Å²) >= 11 is 5.74. The summed E-state index contributed by atoms with van der Waals surface area (Å²) in [6, 6.07) is 14.2. The molecule has 1 aliphatic rings. The summed E-state index contributed by atoms with van der Waals surface area (Å²) in [5.74, 6) is -2.13. The lowest BCUT2D eigenvalue weighted by molar-refractivity contribution is -0.119. The maximum Gasteiger partial charge on any atom is 0.338 e. The minimum Gasteiger partial charge on any atom is -0.452 e. The molecule has 0 unspecified atom stereocenters. The molecule has 0 aliphatic carbocycles. The first-order chi connectivity index (χ1) is 15.3. The Morgan fingerprint density at radius 2 is 1.78 bits per heavy atom. The van der Waals surface area contributed by atoms with Crippen molar-refractivity contribution >= 4 is 46.8 Å². The number of fused-ring (bicyclic) bond motifs is 1. The minimum absolute atomic E-state index is 0.0500. The van der Waals surface area contributed by atoms with Gasteiger partial charge in [-0.3, -0.25) is 14.4 Å². The van der Waals surface area contributed by atoms with E-state index in [-0.39, 0.29) is 22.5 Å². The summed E-state index contributed by atoms with van der Waals surface area (Å²) < 4.78 is 5.02. The molecule has 2 aromatic carbocycles. The number of aryl methyl sites for hydroxylation is 1. The lowest BCUT2D eigenvalue weighted by Crippen LogP contribution is -2.29. The van der Waals surface area contributed by atoms with Crippen LogP contribution in [-0.4, -0.2) is 35.3 Å². The molecular formula is C23H16ClN3O5. The fraction of sp³-hybridized carbons (Fsp3) is 0.0870. The Morgan fingerprint density at radius 1 is 1.03 bits per heavy atom. The number of rotatable bonds is 5. The van der Waals surface area contributed by atoms with Crippen molar-refractivity contribution in [1.29, 1.82) is 0 Å².